The second-order valence-electron chi connectivity index (χ2n) is 5.63. The van der Waals surface area contributed by atoms with Gasteiger partial charge in [-0.1, -0.05) is 48.0 Å². The van der Waals surface area contributed by atoms with E-state index in [4.69, 9.17) is 21.1 Å². The van der Waals surface area contributed by atoms with Gasteiger partial charge in [0.25, 0.3) is 0 Å². The predicted octanol–water partition coefficient (Wildman–Crippen LogP) is 3.09. The SMILES string of the molecule is COCCOc1c(Cl)cccc1NC(=O)NC(CO)Cc1ccccc1. The van der Waals surface area contributed by atoms with Crippen LogP contribution in [0.15, 0.2) is 48.5 Å². The number of carbonyl (C=O) groups excluding carboxylic acids is 1. The third kappa shape index (κ3) is 6.22. The number of amides is 2. The molecule has 1 unspecified atom stereocenters. The highest BCUT2D eigenvalue weighted by molar-refractivity contribution is 6.32. The molecule has 3 N–H and O–H groups in total. The maximum Gasteiger partial charge on any atom is 0.319 e. The van der Waals surface area contributed by atoms with Crippen LogP contribution in [0, 0.1) is 0 Å². The first-order valence-corrected chi connectivity index (χ1v) is 8.64. The molecule has 0 bridgehead atoms. The topological polar surface area (TPSA) is 79.8 Å². The van der Waals surface area contributed by atoms with Crippen molar-refractivity contribution < 1.29 is 19.4 Å². The van der Waals surface area contributed by atoms with E-state index in [9.17, 15) is 9.90 Å². The molecule has 0 aliphatic heterocycles. The fourth-order valence-electron chi connectivity index (χ4n) is 2.38. The van der Waals surface area contributed by atoms with Gasteiger partial charge < -0.3 is 25.2 Å². The molecule has 0 aliphatic carbocycles. The van der Waals surface area contributed by atoms with E-state index in [0.717, 1.165) is 5.56 Å². The monoisotopic (exact) mass is 378 g/mol. The number of hydrogen-bond acceptors (Lipinski definition) is 4. The average Bonchev–Trinajstić information content (AvgIpc) is 2.64. The highest BCUT2D eigenvalue weighted by Gasteiger charge is 2.15. The molecule has 0 heterocycles. The van der Waals surface area contributed by atoms with E-state index < -0.39 is 12.1 Å². The first-order valence-electron chi connectivity index (χ1n) is 8.26. The quantitative estimate of drug-likeness (QED) is 0.586. The summed E-state index contributed by atoms with van der Waals surface area (Å²) in [6, 6.07) is 13.9. The number of methoxy groups -OCH3 is 1. The van der Waals surface area contributed by atoms with Crippen molar-refractivity contribution in [1.82, 2.24) is 5.32 Å². The fourth-order valence-corrected chi connectivity index (χ4v) is 2.61. The van der Waals surface area contributed by atoms with Gasteiger partial charge in [-0.15, -0.1) is 0 Å². The molecule has 2 aromatic rings. The van der Waals surface area contributed by atoms with Gasteiger partial charge in [-0.3, -0.25) is 0 Å². The van der Waals surface area contributed by atoms with Gasteiger partial charge >= 0.3 is 6.03 Å². The minimum absolute atomic E-state index is 0.172. The number of hydrogen-bond donors (Lipinski definition) is 3. The lowest BCUT2D eigenvalue weighted by molar-refractivity contribution is 0.146. The van der Waals surface area contributed by atoms with Crippen LogP contribution in [0.3, 0.4) is 0 Å². The Labute approximate surface area is 158 Å². The van der Waals surface area contributed by atoms with Crippen LogP contribution in [0.2, 0.25) is 5.02 Å². The molecule has 2 rings (SSSR count). The Morgan fingerprint density at radius 2 is 1.92 bits per heavy atom. The minimum atomic E-state index is -0.446. The molecule has 1 atom stereocenters. The lowest BCUT2D eigenvalue weighted by Gasteiger charge is -2.18. The molecular formula is C19H23ClN2O4. The zero-order chi connectivity index (χ0) is 18.8. The lowest BCUT2D eigenvalue weighted by Crippen LogP contribution is -2.41. The molecule has 2 aromatic carbocycles. The molecule has 0 fully saturated rings. The van der Waals surface area contributed by atoms with Crippen LogP contribution in [0.4, 0.5) is 10.5 Å². The molecular weight excluding hydrogens is 356 g/mol. The van der Waals surface area contributed by atoms with E-state index >= 15 is 0 Å². The van der Waals surface area contributed by atoms with Gasteiger partial charge in [0, 0.05) is 7.11 Å². The Morgan fingerprint density at radius 3 is 2.62 bits per heavy atom. The molecule has 2 amide bonds. The Kier molecular flexibility index (Phi) is 8.21. The van der Waals surface area contributed by atoms with E-state index in [1.54, 1.807) is 25.3 Å². The summed E-state index contributed by atoms with van der Waals surface area (Å²) in [6.07, 6.45) is 0.525. The fraction of sp³-hybridized carbons (Fsp3) is 0.316. The number of halogens is 1. The Balaban J connectivity index is 1.98. The minimum Gasteiger partial charge on any atom is -0.487 e. The number of aliphatic hydroxyl groups excluding tert-OH is 1. The van der Waals surface area contributed by atoms with Crippen molar-refractivity contribution in [2.75, 3.05) is 32.2 Å². The number of carbonyl (C=O) groups is 1. The van der Waals surface area contributed by atoms with Gasteiger partial charge in [0.15, 0.2) is 5.75 Å². The first kappa shape index (κ1) is 20.0. The van der Waals surface area contributed by atoms with Gasteiger partial charge in [0.1, 0.15) is 6.61 Å². The maximum atomic E-state index is 12.3. The highest BCUT2D eigenvalue weighted by atomic mass is 35.5. The zero-order valence-electron chi connectivity index (χ0n) is 14.6. The summed E-state index contributed by atoms with van der Waals surface area (Å²) in [5, 5.41) is 15.4. The standard InChI is InChI=1S/C19H23ClN2O4/c1-25-10-11-26-18-16(20)8-5-9-17(18)22-19(24)21-15(13-23)12-14-6-3-2-4-7-14/h2-9,15,23H,10-13H2,1H3,(H2,21,22,24). The van der Waals surface area contributed by atoms with E-state index in [1.165, 1.54) is 0 Å². The van der Waals surface area contributed by atoms with Crippen molar-refractivity contribution >= 4 is 23.3 Å². The van der Waals surface area contributed by atoms with Crippen LogP contribution in [-0.2, 0) is 11.2 Å². The molecule has 0 saturated heterocycles. The van der Waals surface area contributed by atoms with Gasteiger partial charge in [-0.05, 0) is 24.1 Å². The van der Waals surface area contributed by atoms with Crippen LogP contribution in [0.25, 0.3) is 0 Å². The number of anilines is 1. The Bertz CT molecular complexity index is 697. The number of nitrogens with one attached hydrogen (secondary N) is 2. The van der Waals surface area contributed by atoms with Gasteiger partial charge in [-0.2, -0.15) is 0 Å². The average molecular weight is 379 g/mol. The third-order valence-electron chi connectivity index (χ3n) is 3.63. The van der Waals surface area contributed by atoms with E-state index in [-0.39, 0.29) is 6.61 Å². The predicted molar refractivity (Wildman–Crippen MR) is 102 cm³/mol. The van der Waals surface area contributed by atoms with Crippen molar-refractivity contribution in [1.29, 1.82) is 0 Å². The summed E-state index contributed by atoms with van der Waals surface area (Å²) in [6.45, 7) is 0.541. The van der Waals surface area contributed by atoms with Crippen LogP contribution < -0.4 is 15.4 Å². The number of aliphatic hydroxyl groups is 1. The summed E-state index contributed by atoms with van der Waals surface area (Å²) in [5.41, 5.74) is 1.47. The molecule has 7 heteroatoms. The highest BCUT2D eigenvalue weighted by Crippen LogP contribution is 2.32. The lowest BCUT2D eigenvalue weighted by atomic mass is 10.1. The first-order chi connectivity index (χ1) is 12.6. The van der Waals surface area contributed by atoms with Crippen LogP contribution in [0.5, 0.6) is 5.75 Å². The van der Waals surface area contributed by atoms with Crippen molar-refractivity contribution in [3.05, 3.63) is 59.1 Å². The van der Waals surface area contributed by atoms with Crippen molar-refractivity contribution in [3.8, 4) is 5.75 Å². The molecule has 0 radical (unpaired) electrons. The van der Waals surface area contributed by atoms with Crippen molar-refractivity contribution in [2.45, 2.75) is 12.5 Å². The van der Waals surface area contributed by atoms with Crippen LogP contribution in [-0.4, -0.2) is 44.1 Å². The number of ether oxygens (including phenoxy) is 2. The molecule has 6 nitrogen and oxygen atoms in total. The van der Waals surface area contributed by atoms with Crippen molar-refractivity contribution in [3.63, 3.8) is 0 Å². The van der Waals surface area contributed by atoms with Crippen molar-refractivity contribution in [2.24, 2.45) is 0 Å². The summed E-state index contributed by atoms with van der Waals surface area (Å²) >= 11 is 6.15. The van der Waals surface area contributed by atoms with Crippen LogP contribution >= 0.6 is 11.6 Å². The zero-order valence-corrected chi connectivity index (χ0v) is 15.3. The molecule has 0 aliphatic rings. The summed E-state index contributed by atoms with van der Waals surface area (Å²) < 4.78 is 10.5. The number of para-hydroxylation sites is 1. The second-order valence-corrected chi connectivity index (χ2v) is 6.03. The molecule has 140 valence electrons. The Hall–Kier alpha value is -2.28. The molecule has 0 aromatic heterocycles. The van der Waals surface area contributed by atoms with Crippen LogP contribution in [0.1, 0.15) is 5.56 Å². The molecule has 0 saturated carbocycles. The normalized spacial score (nSPS) is 11.7. The summed E-state index contributed by atoms with van der Waals surface area (Å²) in [7, 11) is 1.57. The number of urea groups is 1. The summed E-state index contributed by atoms with van der Waals surface area (Å²) in [4.78, 5) is 12.3. The Morgan fingerprint density at radius 1 is 1.15 bits per heavy atom. The van der Waals surface area contributed by atoms with Gasteiger partial charge in [-0.25, -0.2) is 4.79 Å². The molecule has 26 heavy (non-hydrogen) atoms. The van der Waals surface area contributed by atoms with E-state index in [2.05, 4.69) is 10.6 Å². The number of rotatable bonds is 9. The largest absolute Gasteiger partial charge is 0.487 e. The summed E-state index contributed by atoms with van der Waals surface area (Å²) in [5.74, 6) is 0.380. The third-order valence-corrected chi connectivity index (χ3v) is 3.93. The maximum absolute atomic E-state index is 12.3. The number of benzene rings is 2. The van der Waals surface area contributed by atoms with Gasteiger partial charge in [0.2, 0.25) is 0 Å². The van der Waals surface area contributed by atoms with E-state index in [1.807, 2.05) is 30.3 Å². The van der Waals surface area contributed by atoms with Gasteiger partial charge in [0.05, 0.1) is 30.0 Å². The molecule has 0 spiro atoms. The van der Waals surface area contributed by atoms with E-state index in [0.29, 0.717) is 36.1 Å². The smallest absolute Gasteiger partial charge is 0.319 e. The second kappa shape index (κ2) is 10.7.